The van der Waals surface area contributed by atoms with Crippen molar-refractivity contribution in [2.45, 2.75) is 31.5 Å². The van der Waals surface area contributed by atoms with Crippen LogP contribution in [0.3, 0.4) is 0 Å². The number of nitrogens with zero attached hydrogens (tertiary/aromatic N) is 2. The first kappa shape index (κ1) is 16.0. The topological polar surface area (TPSA) is 38.1 Å². The first-order valence-electron chi connectivity index (χ1n) is 8.34. The van der Waals surface area contributed by atoms with E-state index in [0.717, 1.165) is 45.2 Å². The summed E-state index contributed by atoms with van der Waals surface area (Å²) in [7, 11) is 4.15. The highest BCUT2D eigenvalue weighted by Gasteiger charge is 2.42. The van der Waals surface area contributed by atoms with Crippen molar-refractivity contribution in [2.24, 2.45) is 5.92 Å². The molecular weight excluding hydrogens is 280 g/mol. The van der Waals surface area contributed by atoms with E-state index in [-0.39, 0.29) is 0 Å². The predicted octanol–water partition coefficient (Wildman–Crippen LogP) is 1.84. The number of morpholine rings is 1. The van der Waals surface area contributed by atoms with E-state index in [0.29, 0.717) is 18.1 Å². The third-order valence-electron chi connectivity index (χ3n) is 4.79. The Hall–Kier alpha value is -0.880. The molecule has 0 radical (unpaired) electrons. The van der Waals surface area contributed by atoms with Gasteiger partial charge < -0.3 is 18.8 Å². The summed E-state index contributed by atoms with van der Waals surface area (Å²) in [5.41, 5.74) is 0. The first-order valence-corrected chi connectivity index (χ1v) is 8.34. The minimum Gasteiger partial charge on any atom is -0.468 e. The second-order valence-electron chi connectivity index (χ2n) is 6.67. The molecule has 0 unspecified atom stereocenters. The quantitative estimate of drug-likeness (QED) is 0.719. The van der Waals surface area contributed by atoms with Gasteiger partial charge in [-0.15, -0.1) is 0 Å². The summed E-state index contributed by atoms with van der Waals surface area (Å²) in [6.45, 7) is 5.31. The second-order valence-corrected chi connectivity index (χ2v) is 6.67. The van der Waals surface area contributed by atoms with Gasteiger partial charge in [-0.2, -0.15) is 0 Å². The molecule has 5 heteroatoms. The van der Waals surface area contributed by atoms with Crippen molar-refractivity contribution in [3.8, 4) is 0 Å². The minimum atomic E-state index is 0.322. The maximum absolute atomic E-state index is 6.08. The van der Waals surface area contributed by atoms with Crippen LogP contribution in [-0.2, 0) is 16.0 Å². The predicted molar refractivity (Wildman–Crippen MR) is 84.7 cm³/mol. The molecule has 0 amide bonds. The van der Waals surface area contributed by atoms with Gasteiger partial charge in [0.05, 0.1) is 38.7 Å². The number of fused-ring (bicyclic) bond motifs is 1. The molecular formula is C17H28N2O3. The Balaban J connectivity index is 1.49. The average molecular weight is 308 g/mol. The summed E-state index contributed by atoms with van der Waals surface area (Å²) in [4.78, 5) is 4.67. The molecule has 0 aromatic carbocycles. The molecule has 5 nitrogen and oxygen atoms in total. The summed E-state index contributed by atoms with van der Waals surface area (Å²) in [5.74, 6) is 1.58. The number of furan rings is 1. The summed E-state index contributed by atoms with van der Waals surface area (Å²) >= 11 is 0. The Morgan fingerprint density at radius 1 is 1.36 bits per heavy atom. The van der Waals surface area contributed by atoms with E-state index in [1.165, 1.54) is 12.8 Å². The third kappa shape index (κ3) is 3.90. The fraction of sp³-hybridized carbons (Fsp3) is 0.765. The lowest BCUT2D eigenvalue weighted by Crippen LogP contribution is -2.50. The van der Waals surface area contributed by atoms with Crippen LogP contribution in [0.4, 0.5) is 0 Å². The van der Waals surface area contributed by atoms with Crippen LogP contribution in [-0.4, -0.2) is 69.0 Å². The Bertz CT molecular complexity index is 435. The smallest absolute Gasteiger partial charge is 0.117 e. The summed E-state index contributed by atoms with van der Waals surface area (Å²) < 4.78 is 17.4. The van der Waals surface area contributed by atoms with Gasteiger partial charge in [0, 0.05) is 25.0 Å². The lowest BCUT2D eigenvalue weighted by Gasteiger charge is -2.38. The summed E-state index contributed by atoms with van der Waals surface area (Å²) in [6, 6.07) is 4.53. The van der Waals surface area contributed by atoms with Crippen LogP contribution in [0.25, 0.3) is 0 Å². The molecule has 22 heavy (non-hydrogen) atoms. The first-order chi connectivity index (χ1) is 10.7. The number of ether oxygens (including phenoxy) is 2. The van der Waals surface area contributed by atoms with E-state index in [9.17, 15) is 0 Å². The Labute approximate surface area is 133 Å². The Morgan fingerprint density at radius 3 is 3.05 bits per heavy atom. The van der Waals surface area contributed by atoms with E-state index in [2.05, 4.69) is 30.0 Å². The molecule has 0 bridgehead atoms. The molecule has 1 aromatic rings. The minimum absolute atomic E-state index is 0.322. The van der Waals surface area contributed by atoms with Crippen LogP contribution in [0.1, 0.15) is 18.6 Å². The van der Waals surface area contributed by atoms with E-state index < -0.39 is 0 Å². The van der Waals surface area contributed by atoms with Crippen LogP contribution in [0.15, 0.2) is 22.8 Å². The van der Waals surface area contributed by atoms with Crippen molar-refractivity contribution in [3.05, 3.63) is 24.2 Å². The second kappa shape index (κ2) is 7.59. The standard InChI is InChI=1S/C17H28N2O3/c1-18(2)7-10-20-13-14-5-6-16-17(14)22-11-8-19(16)12-15-4-3-9-21-15/h3-4,9,14,16-17H,5-8,10-13H2,1-2H3/t14-,16-,17-/m0/s1. The highest BCUT2D eigenvalue weighted by Crippen LogP contribution is 2.35. The van der Waals surface area contributed by atoms with Crippen LogP contribution in [0.2, 0.25) is 0 Å². The number of rotatable bonds is 7. The normalized spacial score (nSPS) is 29.1. The molecule has 2 aliphatic rings. The van der Waals surface area contributed by atoms with Crippen molar-refractivity contribution in [1.29, 1.82) is 0 Å². The van der Waals surface area contributed by atoms with Crippen molar-refractivity contribution in [3.63, 3.8) is 0 Å². The fourth-order valence-corrected chi connectivity index (χ4v) is 3.60. The number of likely N-dealkylation sites (N-methyl/N-ethyl adjacent to an activating group) is 1. The number of hydrogen-bond donors (Lipinski definition) is 0. The Kier molecular flexibility index (Phi) is 5.52. The van der Waals surface area contributed by atoms with E-state index in [1.807, 2.05) is 6.07 Å². The maximum atomic E-state index is 6.08. The molecule has 1 aliphatic heterocycles. The largest absolute Gasteiger partial charge is 0.468 e. The monoisotopic (exact) mass is 308 g/mol. The molecule has 2 fully saturated rings. The zero-order valence-electron chi connectivity index (χ0n) is 13.7. The SMILES string of the molecule is CN(C)CCOC[C@@H]1CC[C@H]2[C@H]1OCCN2Cc1ccco1. The van der Waals surface area contributed by atoms with Gasteiger partial charge >= 0.3 is 0 Å². The van der Waals surface area contributed by atoms with Crippen LogP contribution >= 0.6 is 0 Å². The molecule has 1 aromatic heterocycles. The summed E-state index contributed by atoms with van der Waals surface area (Å²) in [5, 5.41) is 0. The van der Waals surface area contributed by atoms with Gasteiger partial charge in [0.15, 0.2) is 0 Å². The van der Waals surface area contributed by atoms with Gasteiger partial charge in [-0.1, -0.05) is 0 Å². The van der Waals surface area contributed by atoms with Crippen molar-refractivity contribution < 1.29 is 13.9 Å². The fourth-order valence-electron chi connectivity index (χ4n) is 3.60. The van der Waals surface area contributed by atoms with E-state index >= 15 is 0 Å². The van der Waals surface area contributed by atoms with Crippen molar-refractivity contribution in [1.82, 2.24) is 9.80 Å². The van der Waals surface area contributed by atoms with E-state index in [1.54, 1.807) is 6.26 Å². The van der Waals surface area contributed by atoms with Gasteiger partial charge in [-0.05, 0) is 39.1 Å². The average Bonchev–Trinajstić information content (AvgIpc) is 3.14. The van der Waals surface area contributed by atoms with Gasteiger partial charge in [0.2, 0.25) is 0 Å². The molecule has 2 heterocycles. The highest BCUT2D eigenvalue weighted by molar-refractivity contribution is 5.01. The molecule has 124 valence electrons. The number of hydrogen-bond acceptors (Lipinski definition) is 5. The molecule has 1 aliphatic carbocycles. The van der Waals surface area contributed by atoms with Gasteiger partial charge in [-0.3, -0.25) is 4.90 Å². The lowest BCUT2D eigenvalue weighted by atomic mass is 10.0. The molecule has 3 rings (SSSR count). The molecule has 0 N–H and O–H groups in total. The highest BCUT2D eigenvalue weighted by atomic mass is 16.5. The van der Waals surface area contributed by atoms with Crippen molar-refractivity contribution >= 4 is 0 Å². The third-order valence-corrected chi connectivity index (χ3v) is 4.79. The van der Waals surface area contributed by atoms with E-state index in [4.69, 9.17) is 13.9 Å². The van der Waals surface area contributed by atoms with Gasteiger partial charge in [0.1, 0.15) is 5.76 Å². The molecule has 0 spiro atoms. The molecule has 3 atom stereocenters. The van der Waals surface area contributed by atoms with Crippen LogP contribution in [0.5, 0.6) is 0 Å². The van der Waals surface area contributed by atoms with Gasteiger partial charge in [-0.25, -0.2) is 0 Å². The van der Waals surface area contributed by atoms with Gasteiger partial charge in [0.25, 0.3) is 0 Å². The van der Waals surface area contributed by atoms with Crippen LogP contribution in [0, 0.1) is 5.92 Å². The maximum Gasteiger partial charge on any atom is 0.117 e. The Morgan fingerprint density at radius 2 is 2.27 bits per heavy atom. The molecule has 1 saturated carbocycles. The van der Waals surface area contributed by atoms with Crippen molar-refractivity contribution in [2.75, 3.05) is 47.0 Å². The zero-order chi connectivity index (χ0) is 15.4. The lowest BCUT2D eigenvalue weighted by molar-refractivity contribution is -0.0896. The van der Waals surface area contributed by atoms with Crippen LogP contribution < -0.4 is 0 Å². The molecule has 1 saturated heterocycles. The summed E-state index contributed by atoms with van der Waals surface area (Å²) in [6.07, 6.45) is 4.48. The zero-order valence-corrected chi connectivity index (χ0v) is 13.7.